The third kappa shape index (κ3) is 1.36. The van der Waals surface area contributed by atoms with Gasteiger partial charge < -0.3 is 0 Å². The van der Waals surface area contributed by atoms with Gasteiger partial charge >= 0.3 is 0 Å². The van der Waals surface area contributed by atoms with E-state index in [-0.39, 0.29) is 0 Å². The number of thioether (sulfide) groups is 1. The molecule has 3 heterocycles. The Morgan fingerprint density at radius 2 is 2.23 bits per heavy atom. The molecule has 0 saturated carbocycles. The van der Waals surface area contributed by atoms with E-state index in [1.54, 1.807) is 4.88 Å². The highest BCUT2D eigenvalue weighted by molar-refractivity contribution is 8.00. The average Bonchev–Trinajstić information content (AvgIpc) is 2.72. The molecular weight excluding hydrogens is 196 g/mol. The second kappa shape index (κ2) is 3.18. The van der Waals surface area contributed by atoms with Crippen molar-refractivity contribution < 1.29 is 0 Å². The molecule has 0 spiro atoms. The summed E-state index contributed by atoms with van der Waals surface area (Å²) in [4.78, 5) is 1.57. The SMILES string of the molecule is C1=CC2CCC1SC2c1cccs1. The molecule has 0 aromatic carbocycles. The van der Waals surface area contributed by atoms with Crippen molar-refractivity contribution in [2.75, 3.05) is 0 Å². The number of hydrogen-bond donors (Lipinski definition) is 0. The minimum Gasteiger partial charge on any atom is -0.148 e. The molecule has 0 N–H and O–H groups in total. The highest BCUT2D eigenvalue weighted by Gasteiger charge is 2.33. The van der Waals surface area contributed by atoms with Gasteiger partial charge in [0.1, 0.15) is 0 Å². The van der Waals surface area contributed by atoms with Crippen LogP contribution in [0, 0.1) is 5.92 Å². The molecule has 68 valence electrons. The maximum absolute atomic E-state index is 2.44. The molecule has 0 radical (unpaired) electrons. The van der Waals surface area contributed by atoms with E-state index in [1.165, 1.54) is 12.8 Å². The number of allylic oxidation sites excluding steroid dienone is 1. The molecule has 0 amide bonds. The predicted molar refractivity (Wildman–Crippen MR) is 60.3 cm³/mol. The zero-order chi connectivity index (χ0) is 8.67. The molecule has 1 fully saturated rings. The largest absolute Gasteiger partial charge is 0.148 e. The fraction of sp³-hybridized carbons (Fsp3) is 0.455. The topological polar surface area (TPSA) is 0 Å². The van der Waals surface area contributed by atoms with Crippen molar-refractivity contribution in [1.82, 2.24) is 0 Å². The van der Waals surface area contributed by atoms with Gasteiger partial charge in [0.25, 0.3) is 0 Å². The Hall–Kier alpha value is -0.210. The molecule has 0 nitrogen and oxygen atoms in total. The predicted octanol–water partition coefficient (Wildman–Crippen LogP) is 3.87. The van der Waals surface area contributed by atoms with Crippen LogP contribution in [0.25, 0.3) is 0 Å². The molecule has 1 aromatic rings. The van der Waals surface area contributed by atoms with Crippen LogP contribution >= 0.6 is 23.1 Å². The summed E-state index contributed by atoms with van der Waals surface area (Å²) in [6, 6.07) is 4.46. The van der Waals surface area contributed by atoms with Gasteiger partial charge in [-0.05, 0) is 30.2 Å². The van der Waals surface area contributed by atoms with E-state index in [0.29, 0.717) is 0 Å². The summed E-state index contributed by atoms with van der Waals surface area (Å²) in [6.07, 6.45) is 7.64. The summed E-state index contributed by atoms with van der Waals surface area (Å²) in [5.41, 5.74) is 0. The summed E-state index contributed by atoms with van der Waals surface area (Å²) in [6.45, 7) is 0. The van der Waals surface area contributed by atoms with E-state index >= 15 is 0 Å². The van der Waals surface area contributed by atoms with E-state index in [2.05, 4.69) is 41.4 Å². The summed E-state index contributed by atoms with van der Waals surface area (Å²) < 4.78 is 0. The molecule has 3 unspecified atom stereocenters. The van der Waals surface area contributed by atoms with Gasteiger partial charge in [-0.1, -0.05) is 18.2 Å². The van der Waals surface area contributed by atoms with Crippen LogP contribution in [0.15, 0.2) is 29.7 Å². The summed E-state index contributed by atoms with van der Waals surface area (Å²) in [7, 11) is 0. The van der Waals surface area contributed by atoms with E-state index in [9.17, 15) is 0 Å². The van der Waals surface area contributed by atoms with Crippen LogP contribution in [0.4, 0.5) is 0 Å². The van der Waals surface area contributed by atoms with Crippen LogP contribution in [0.2, 0.25) is 0 Å². The van der Waals surface area contributed by atoms with Gasteiger partial charge in [0.15, 0.2) is 0 Å². The van der Waals surface area contributed by atoms with Gasteiger partial charge in [-0.15, -0.1) is 23.1 Å². The van der Waals surface area contributed by atoms with Gasteiger partial charge in [0, 0.05) is 15.4 Å². The van der Waals surface area contributed by atoms with Crippen molar-refractivity contribution in [3.63, 3.8) is 0 Å². The van der Waals surface area contributed by atoms with Crippen molar-refractivity contribution in [3.8, 4) is 0 Å². The molecule has 1 saturated heterocycles. The third-order valence-corrected chi connectivity index (χ3v) is 5.64. The van der Waals surface area contributed by atoms with Gasteiger partial charge in [-0.2, -0.15) is 0 Å². The van der Waals surface area contributed by atoms with Crippen LogP contribution in [-0.4, -0.2) is 5.25 Å². The second-order valence-electron chi connectivity index (χ2n) is 3.74. The lowest BCUT2D eigenvalue weighted by Crippen LogP contribution is -2.23. The van der Waals surface area contributed by atoms with E-state index in [0.717, 1.165) is 16.4 Å². The van der Waals surface area contributed by atoms with Crippen molar-refractivity contribution >= 4 is 23.1 Å². The van der Waals surface area contributed by atoms with Crippen molar-refractivity contribution in [2.45, 2.75) is 23.3 Å². The Bertz CT molecular complexity index is 313. The Morgan fingerprint density at radius 1 is 1.23 bits per heavy atom. The molecule has 13 heavy (non-hydrogen) atoms. The van der Waals surface area contributed by atoms with Crippen LogP contribution in [-0.2, 0) is 0 Å². The van der Waals surface area contributed by atoms with Crippen LogP contribution in [0.5, 0.6) is 0 Å². The minimum atomic E-state index is 0.767. The molecule has 1 aliphatic carbocycles. The summed E-state index contributed by atoms with van der Waals surface area (Å²) >= 11 is 4.08. The fourth-order valence-electron chi connectivity index (χ4n) is 2.20. The van der Waals surface area contributed by atoms with Gasteiger partial charge in [0.05, 0.1) is 0 Å². The van der Waals surface area contributed by atoms with Crippen LogP contribution < -0.4 is 0 Å². The second-order valence-corrected chi connectivity index (χ2v) is 6.10. The van der Waals surface area contributed by atoms with Crippen LogP contribution in [0.1, 0.15) is 23.0 Å². The number of fused-ring (bicyclic) bond motifs is 2. The normalized spacial score (nSPS) is 36.8. The lowest BCUT2D eigenvalue weighted by atomic mass is 9.91. The molecular formula is C11H12S2. The Labute approximate surface area is 87.0 Å². The third-order valence-electron chi connectivity index (χ3n) is 2.89. The van der Waals surface area contributed by atoms with E-state index < -0.39 is 0 Å². The maximum Gasteiger partial charge on any atom is 0.0459 e. The van der Waals surface area contributed by atoms with E-state index in [1.807, 2.05) is 11.3 Å². The molecule has 3 atom stereocenters. The first-order valence-corrected chi connectivity index (χ1v) is 6.63. The molecule has 1 aromatic heterocycles. The van der Waals surface area contributed by atoms with Gasteiger partial charge in [-0.25, -0.2) is 0 Å². The minimum absolute atomic E-state index is 0.767. The highest BCUT2D eigenvalue weighted by atomic mass is 32.2. The van der Waals surface area contributed by atoms with Crippen molar-refractivity contribution in [1.29, 1.82) is 0 Å². The summed E-state index contributed by atoms with van der Waals surface area (Å²) in [5, 5.41) is 3.77. The summed E-state index contributed by atoms with van der Waals surface area (Å²) in [5.74, 6) is 0.814. The lowest BCUT2D eigenvalue weighted by Gasteiger charge is -2.37. The Kier molecular flexibility index (Phi) is 1.99. The Balaban J connectivity index is 1.91. The Morgan fingerprint density at radius 3 is 2.77 bits per heavy atom. The molecule has 2 aliphatic heterocycles. The molecule has 2 bridgehead atoms. The van der Waals surface area contributed by atoms with Crippen molar-refractivity contribution in [2.24, 2.45) is 5.92 Å². The molecule has 4 rings (SSSR count). The van der Waals surface area contributed by atoms with Gasteiger partial charge in [0.2, 0.25) is 0 Å². The average molecular weight is 208 g/mol. The zero-order valence-electron chi connectivity index (χ0n) is 7.35. The number of thiophene rings is 1. The molecule has 3 aliphatic rings. The number of hydrogen-bond acceptors (Lipinski definition) is 2. The molecule has 2 heteroatoms. The highest BCUT2D eigenvalue weighted by Crippen LogP contribution is 2.51. The maximum atomic E-state index is 2.44. The first-order valence-electron chi connectivity index (χ1n) is 4.81. The zero-order valence-corrected chi connectivity index (χ0v) is 8.98. The standard InChI is InChI=1S/C11H12S2/c1-2-10(12-7-1)11-8-3-5-9(13-11)6-4-8/h1-3,5,7-9,11H,4,6H2. The van der Waals surface area contributed by atoms with Crippen molar-refractivity contribution in [3.05, 3.63) is 34.5 Å². The lowest BCUT2D eigenvalue weighted by molar-refractivity contribution is 0.513. The van der Waals surface area contributed by atoms with E-state index in [4.69, 9.17) is 0 Å². The first kappa shape index (κ1) is 8.13. The van der Waals surface area contributed by atoms with Crippen LogP contribution in [0.3, 0.4) is 0 Å². The quantitative estimate of drug-likeness (QED) is 0.631. The number of rotatable bonds is 1. The monoisotopic (exact) mass is 208 g/mol. The smallest absolute Gasteiger partial charge is 0.0459 e. The first-order chi connectivity index (χ1) is 6.43. The van der Waals surface area contributed by atoms with Gasteiger partial charge in [-0.3, -0.25) is 0 Å². The fourth-order valence-corrected chi connectivity index (χ4v) is 4.79.